The van der Waals surface area contributed by atoms with Crippen molar-refractivity contribution in [2.45, 2.75) is 25.2 Å². The minimum atomic E-state index is -0.262. The smallest absolute Gasteiger partial charge is 0.253 e. The maximum atomic E-state index is 13.1. The van der Waals surface area contributed by atoms with E-state index in [9.17, 15) is 9.18 Å². The number of hydrogen-bond acceptors (Lipinski definition) is 4. The molecule has 6 nitrogen and oxygen atoms in total. The van der Waals surface area contributed by atoms with E-state index in [2.05, 4.69) is 10.3 Å². The number of amides is 1. The van der Waals surface area contributed by atoms with Crippen LogP contribution in [-0.4, -0.2) is 45.0 Å². The zero-order valence-electron chi connectivity index (χ0n) is 15.2. The summed E-state index contributed by atoms with van der Waals surface area (Å²) < 4.78 is 21.0. The SMILES string of the molecule is O=C(c1ccc(-c2ccc(F)cc2)cc1)N1CC[C@H]2[C@H](C1)OCc1cnnn12. The normalized spacial score (nSPS) is 21.1. The van der Waals surface area contributed by atoms with E-state index in [4.69, 9.17) is 4.74 Å². The van der Waals surface area contributed by atoms with Gasteiger partial charge in [-0.15, -0.1) is 5.10 Å². The van der Waals surface area contributed by atoms with E-state index in [1.165, 1.54) is 12.1 Å². The van der Waals surface area contributed by atoms with E-state index in [0.29, 0.717) is 25.3 Å². The van der Waals surface area contributed by atoms with Crippen LogP contribution in [0, 0.1) is 5.82 Å². The summed E-state index contributed by atoms with van der Waals surface area (Å²) in [6.07, 6.45) is 2.46. The van der Waals surface area contributed by atoms with E-state index in [-0.39, 0.29) is 23.9 Å². The zero-order valence-corrected chi connectivity index (χ0v) is 15.2. The van der Waals surface area contributed by atoms with E-state index in [1.807, 2.05) is 33.8 Å². The summed E-state index contributed by atoms with van der Waals surface area (Å²) in [6.45, 7) is 1.67. The number of halogens is 1. The van der Waals surface area contributed by atoms with Gasteiger partial charge in [0.05, 0.1) is 30.6 Å². The van der Waals surface area contributed by atoms with Crippen molar-refractivity contribution in [2.24, 2.45) is 0 Å². The number of hydrogen-bond donors (Lipinski definition) is 0. The lowest BCUT2D eigenvalue weighted by atomic mass is 9.98. The van der Waals surface area contributed by atoms with Gasteiger partial charge in [-0.05, 0) is 41.8 Å². The molecule has 1 saturated heterocycles. The Kier molecular flexibility index (Phi) is 4.16. The van der Waals surface area contributed by atoms with Crippen LogP contribution in [0.2, 0.25) is 0 Å². The van der Waals surface area contributed by atoms with Gasteiger partial charge in [-0.1, -0.05) is 29.5 Å². The Morgan fingerprint density at radius 3 is 2.54 bits per heavy atom. The highest BCUT2D eigenvalue weighted by Gasteiger charge is 2.37. The van der Waals surface area contributed by atoms with Crippen LogP contribution in [0.15, 0.2) is 54.7 Å². The minimum absolute atomic E-state index is 0.00269. The lowest BCUT2D eigenvalue weighted by molar-refractivity contribution is -0.0627. The largest absolute Gasteiger partial charge is 0.368 e. The fourth-order valence-electron chi connectivity index (χ4n) is 4.00. The standard InChI is InChI=1S/C21H19FN4O2/c22-17-7-5-15(6-8-17)14-1-3-16(4-2-14)21(27)25-10-9-19-20(12-25)28-13-18-11-23-24-26(18)19/h1-8,11,19-20H,9-10,12-13H2/t19-,20-/m0/s1. The fourth-order valence-corrected chi connectivity index (χ4v) is 4.00. The van der Waals surface area contributed by atoms with Crippen LogP contribution in [0.5, 0.6) is 0 Å². The van der Waals surface area contributed by atoms with Gasteiger partial charge in [0.2, 0.25) is 0 Å². The van der Waals surface area contributed by atoms with E-state index >= 15 is 0 Å². The summed E-state index contributed by atoms with van der Waals surface area (Å²) in [6, 6.07) is 13.9. The molecular formula is C21H19FN4O2. The topological polar surface area (TPSA) is 60.3 Å². The summed E-state index contributed by atoms with van der Waals surface area (Å²) in [4.78, 5) is 14.8. The summed E-state index contributed by atoms with van der Waals surface area (Å²) in [5.41, 5.74) is 3.49. The summed E-state index contributed by atoms with van der Waals surface area (Å²) in [7, 11) is 0. The van der Waals surface area contributed by atoms with E-state index in [1.54, 1.807) is 18.3 Å². The van der Waals surface area contributed by atoms with Gasteiger partial charge in [-0.2, -0.15) is 0 Å². The second-order valence-electron chi connectivity index (χ2n) is 7.21. The molecule has 28 heavy (non-hydrogen) atoms. The van der Waals surface area contributed by atoms with Crippen molar-refractivity contribution in [3.05, 3.63) is 71.8 Å². The molecular weight excluding hydrogens is 359 g/mol. The van der Waals surface area contributed by atoms with Crippen LogP contribution >= 0.6 is 0 Å². The van der Waals surface area contributed by atoms with Crippen LogP contribution in [0.25, 0.3) is 11.1 Å². The Bertz CT molecular complexity index is 1000. The van der Waals surface area contributed by atoms with Gasteiger partial charge >= 0.3 is 0 Å². The molecule has 1 aromatic heterocycles. The van der Waals surface area contributed by atoms with Crippen molar-refractivity contribution in [3.8, 4) is 11.1 Å². The number of ether oxygens (including phenoxy) is 1. The minimum Gasteiger partial charge on any atom is -0.368 e. The Hall–Kier alpha value is -3.06. The fraction of sp³-hybridized carbons (Fsp3) is 0.286. The molecule has 1 amide bonds. The van der Waals surface area contributed by atoms with Gasteiger partial charge in [-0.3, -0.25) is 4.79 Å². The molecule has 0 N–H and O–H groups in total. The van der Waals surface area contributed by atoms with Crippen LogP contribution in [-0.2, 0) is 11.3 Å². The van der Waals surface area contributed by atoms with Crippen LogP contribution in [0.3, 0.4) is 0 Å². The Labute approximate surface area is 161 Å². The molecule has 142 valence electrons. The number of likely N-dealkylation sites (tertiary alicyclic amines) is 1. The number of piperidine rings is 1. The Morgan fingerprint density at radius 1 is 1.07 bits per heavy atom. The first kappa shape index (κ1) is 17.1. The number of carbonyl (C=O) groups is 1. The molecule has 0 aliphatic carbocycles. The number of carbonyl (C=O) groups excluding carboxylic acids is 1. The molecule has 0 unspecified atom stereocenters. The second-order valence-corrected chi connectivity index (χ2v) is 7.21. The first-order valence-electron chi connectivity index (χ1n) is 9.35. The lowest BCUT2D eigenvalue weighted by Gasteiger charge is -2.41. The average molecular weight is 378 g/mol. The van der Waals surface area contributed by atoms with Gasteiger partial charge in [-0.25, -0.2) is 9.07 Å². The molecule has 2 atom stereocenters. The van der Waals surface area contributed by atoms with Crippen LogP contribution in [0.1, 0.15) is 28.5 Å². The van der Waals surface area contributed by atoms with Crippen molar-refractivity contribution >= 4 is 5.91 Å². The van der Waals surface area contributed by atoms with Gasteiger partial charge in [0, 0.05) is 18.7 Å². The molecule has 1 fully saturated rings. The maximum Gasteiger partial charge on any atom is 0.253 e. The molecule has 0 radical (unpaired) electrons. The Balaban J connectivity index is 1.30. The molecule has 3 aromatic rings. The van der Waals surface area contributed by atoms with E-state index < -0.39 is 0 Å². The van der Waals surface area contributed by atoms with Crippen molar-refractivity contribution in [2.75, 3.05) is 13.1 Å². The average Bonchev–Trinajstić information content (AvgIpc) is 3.23. The number of rotatable bonds is 2. The predicted octanol–water partition coefficient (Wildman–Crippen LogP) is 3.07. The van der Waals surface area contributed by atoms with Gasteiger partial charge in [0.25, 0.3) is 5.91 Å². The molecule has 0 saturated carbocycles. The third-order valence-corrected chi connectivity index (χ3v) is 5.53. The number of nitrogens with zero attached hydrogens (tertiary/aromatic N) is 4. The quantitative estimate of drug-likeness (QED) is 0.688. The van der Waals surface area contributed by atoms with Crippen molar-refractivity contribution < 1.29 is 13.9 Å². The highest BCUT2D eigenvalue weighted by Crippen LogP contribution is 2.31. The Morgan fingerprint density at radius 2 is 1.79 bits per heavy atom. The van der Waals surface area contributed by atoms with Gasteiger partial charge in [0.15, 0.2) is 0 Å². The highest BCUT2D eigenvalue weighted by molar-refractivity contribution is 5.94. The van der Waals surface area contributed by atoms with Crippen molar-refractivity contribution in [1.82, 2.24) is 19.9 Å². The second kappa shape index (κ2) is 6.83. The van der Waals surface area contributed by atoms with E-state index in [0.717, 1.165) is 23.2 Å². The first-order chi connectivity index (χ1) is 13.7. The number of fused-ring (bicyclic) bond motifs is 3. The van der Waals surface area contributed by atoms with Crippen LogP contribution in [0.4, 0.5) is 4.39 Å². The molecule has 3 heterocycles. The molecule has 2 aromatic carbocycles. The lowest BCUT2D eigenvalue weighted by Crippen LogP contribution is -2.50. The molecule has 0 spiro atoms. The first-order valence-corrected chi connectivity index (χ1v) is 9.35. The molecule has 5 rings (SSSR count). The predicted molar refractivity (Wildman–Crippen MR) is 100.0 cm³/mol. The van der Waals surface area contributed by atoms with Crippen LogP contribution < -0.4 is 0 Å². The van der Waals surface area contributed by atoms with Gasteiger partial charge < -0.3 is 9.64 Å². The van der Waals surface area contributed by atoms with Gasteiger partial charge in [0.1, 0.15) is 5.82 Å². The number of aromatic nitrogens is 3. The third kappa shape index (κ3) is 2.97. The molecule has 2 aliphatic rings. The maximum absolute atomic E-state index is 13.1. The molecule has 0 bridgehead atoms. The number of benzene rings is 2. The zero-order chi connectivity index (χ0) is 19.1. The highest BCUT2D eigenvalue weighted by atomic mass is 19.1. The molecule has 7 heteroatoms. The summed E-state index contributed by atoms with van der Waals surface area (Å²) in [5, 5.41) is 8.14. The van der Waals surface area contributed by atoms with Crippen molar-refractivity contribution in [1.29, 1.82) is 0 Å². The summed E-state index contributed by atoms with van der Waals surface area (Å²) in [5.74, 6) is -0.265. The molecule has 2 aliphatic heterocycles. The summed E-state index contributed by atoms with van der Waals surface area (Å²) >= 11 is 0. The monoisotopic (exact) mass is 378 g/mol. The third-order valence-electron chi connectivity index (χ3n) is 5.53. The van der Waals surface area contributed by atoms with Crippen molar-refractivity contribution in [3.63, 3.8) is 0 Å².